The van der Waals surface area contributed by atoms with Crippen molar-refractivity contribution in [2.45, 2.75) is 12.5 Å². The molecule has 2 N–H and O–H groups in total. The average molecular weight is 388 g/mol. The number of amides is 1. The van der Waals surface area contributed by atoms with Crippen LogP contribution in [0.15, 0.2) is 48.9 Å². The van der Waals surface area contributed by atoms with Gasteiger partial charge in [-0.05, 0) is 23.8 Å². The number of aromatic amines is 1. The number of ether oxygens (including phenoxy) is 1. The molecule has 1 aliphatic heterocycles. The third-order valence-electron chi connectivity index (χ3n) is 4.70. The van der Waals surface area contributed by atoms with Crippen LogP contribution in [0.1, 0.15) is 22.1 Å². The lowest BCUT2D eigenvalue weighted by atomic mass is 10.1. The summed E-state index contributed by atoms with van der Waals surface area (Å²) in [5, 5.41) is 2.44. The molecule has 1 atom stereocenters. The topological polar surface area (TPSA) is 74.3 Å². The number of nitrogens with one attached hydrogen (secondary N) is 2. The highest BCUT2D eigenvalue weighted by atomic mass is 19.3. The SMILES string of the molecule is O=C(NC(c1cccnc1)C(F)F)c1[nH]c(N2CCOCC2)[n+]2ccccc12. The number of hydrogen-bond acceptors (Lipinski definition) is 4. The van der Waals surface area contributed by atoms with Crippen molar-refractivity contribution in [3.8, 4) is 0 Å². The van der Waals surface area contributed by atoms with Crippen LogP contribution in [0.25, 0.3) is 5.52 Å². The maximum atomic E-state index is 13.6. The Labute approximate surface area is 160 Å². The number of rotatable bonds is 5. The molecule has 0 radical (unpaired) electrons. The number of carbonyl (C=O) groups excluding carboxylic acids is 1. The van der Waals surface area contributed by atoms with E-state index >= 15 is 0 Å². The number of H-pyrrole nitrogens is 1. The number of pyridine rings is 2. The van der Waals surface area contributed by atoms with Crippen molar-refractivity contribution < 1.29 is 22.7 Å². The van der Waals surface area contributed by atoms with Crippen molar-refractivity contribution in [1.82, 2.24) is 15.3 Å². The Kier molecular flexibility index (Phi) is 5.16. The van der Waals surface area contributed by atoms with Crippen molar-refractivity contribution in [1.29, 1.82) is 0 Å². The van der Waals surface area contributed by atoms with Crippen LogP contribution >= 0.6 is 0 Å². The fourth-order valence-electron chi connectivity index (χ4n) is 3.31. The second kappa shape index (κ2) is 7.89. The third-order valence-corrected chi connectivity index (χ3v) is 4.70. The quantitative estimate of drug-likeness (QED) is 0.653. The number of nitrogens with zero attached hydrogens (tertiary/aromatic N) is 3. The molecule has 0 bridgehead atoms. The van der Waals surface area contributed by atoms with Gasteiger partial charge in [0.2, 0.25) is 5.69 Å². The van der Waals surface area contributed by atoms with E-state index in [4.69, 9.17) is 4.74 Å². The number of fused-ring (bicyclic) bond motifs is 1. The van der Waals surface area contributed by atoms with Crippen molar-refractivity contribution in [2.75, 3.05) is 31.2 Å². The Bertz CT molecular complexity index is 957. The first kappa shape index (κ1) is 18.3. The summed E-state index contributed by atoms with van der Waals surface area (Å²) in [6.45, 7) is 2.52. The fraction of sp³-hybridized carbons (Fsp3) is 0.316. The number of carbonyl (C=O) groups is 1. The van der Waals surface area contributed by atoms with E-state index < -0.39 is 18.4 Å². The first-order valence-electron chi connectivity index (χ1n) is 8.99. The molecule has 1 unspecified atom stereocenters. The van der Waals surface area contributed by atoms with E-state index in [2.05, 4.69) is 20.2 Å². The Balaban J connectivity index is 1.67. The van der Waals surface area contributed by atoms with Crippen LogP contribution in [0.5, 0.6) is 0 Å². The van der Waals surface area contributed by atoms with Crippen molar-refractivity contribution >= 4 is 17.4 Å². The number of anilines is 1. The second-order valence-corrected chi connectivity index (χ2v) is 6.45. The van der Waals surface area contributed by atoms with Gasteiger partial charge in [0.1, 0.15) is 6.04 Å². The lowest BCUT2D eigenvalue weighted by Crippen LogP contribution is -2.41. The summed E-state index contributed by atoms with van der Waals surface area (Å²) in [4.78, 5) is 21.9. The highest BCUT2D eigenvalue weighted by Crippen LogP contribution is 2.21. The summed E-state index contributed by atoms with van der Waals surface area (Å²) in [6.07, 6.45) is 1.90. The molecule has 1 aliphatic rings. The highest BCUT2D eigenvalue weighted by molar-refractivity contribution is 5.98. The normalized spacial score (nSPS) is 15.8. The lowest BCUT2D eigenvalue weighted by Gasteiger charge is -2.21. The largest absolute Gasteiger partial charge is 0.375 e. The molecule has 1 amide bonds. The molecular formula is C19H20F2N5O2+. The summed E-state index contributed by atoms with van der Waals surface area (Å²) < 4.78 is 34.4. The van der Waals surface area contributed by atoms with Gasteiger partial charge in [-0.3, -0.25) is 14.7 Å². The van der Waals surface area contributed by atoms with Gasteiger partial charge in [-0.1, -0.05) is 12.1 Å². The Morgan fingerprint density at radius 2 is 2.07 bits per heavy atom. The van der Waals surface area contributed by atoms with Crippen LogP contribution in [0.4, 0.5) is 14.7 Å². The smallest absolute Gasteiger partial charge is 0.363 e. The third kappa shape index (κ3) is 3.53. The van der Waals surface area contributed by atoms with Gasteiger partial charge in [0.25, 0.3) is 12.3 Å². The zero-order valence-corrected chi connectivity index (χ0v) is 15.0. The lowest BCUT2D eigenvalue weighted by molar-refractivity contribution is -0.497. The van der Waals surface area contributed by atoms with Gasteiger partial charge in [0, 0.05) is 12.4 Å². The van der Waals surface area contributed by atoms with E-state index in [1.165, 1.54) is 18.5 Å². The zero-order valence-electron chi connectivity index (χ0n) is 15.0. The molecule has 146 valence electrons. The number of aromatic nitrogens is 3. The van der Waals surface area contributed by atoms with Gasteiger partial charge in [-0.15, -0.1) is 0 Å². The number of alkyl halides is 2. The van der Waals surface area contributed by atoms with Gasteiger partial charge in [-0.25, -0.2) is 18.2 Å². The minimum absolute atomic E-state index is 0.233. The van der Waals surface area contributed by atoms with Crippen molar-refractivity contribution in [3.63, 3.8) is 0 Å². The Morgan fingerprint density at radius 3 is 2.79 bits per heavy atom. The van der Waals surface area contributed by atoms with Crippen LogP contribution < -0.4 is 14.6 Å². The fourth-order valence-corrected chi connectivity index (χ4v) is 3.31. The number of hydrogen-bond donors (Lipinski definition) is 2. The minimum Gasteiger partial charge on any atom is -0.375 e. The van der Waals surface area contributed by atoms with Gasteiger partial charge < -0.3 is 10.1 Å². The molecule has 1 saturated heterocycles. The summed E-state index contributed by atoms with van der Waals surface area (Å²) in [5.74, 6) is 0.122. The van der Waals surface area contributed by atoms with Crippen LogP contribution in [-0.4, -0.2) is 48.6 Å². The molecular weight excluding hydrogens is 368 g/mol. The van der Waals surface area contributed by atoms with Crippen LogP contribution in [0.3, 0.4) is 0 Å². The molecule has 4 rings (SSSR count). The first-order chi connectivity index (χ1) is 13.6. The number of halogens is 2. The van der Waals surface area contributed by atoms with Gasteiger partial charge in [0.05, 0.1) is 32.5 Å². The Morgan fingerprint density at radius 1 is 1.25 bits per heavy atom. The van der Waals surface area contributed by atoms with E-state index in [1.807, 2.05) is 16.7 Å². The predicted octanol–water partition coefficient (Wildman–Crippen LogP) is 1.72. The maximum absolute atomic E-state index is 13.6. The standard InChI is InChI=1S/C19H19F2N5O2/c20-17(21)15(13-4-3-6-22-12-13)23-18(27)16-14-5-1-2-7-26(14)19(24-16)25-8-10-28-11-9-25/h1-7,12,15,17H,8-11H2,(H,23,27)/p+1. The summed E-state index contributed by atoms with van der Waals surface area (Å²) in [7, 11) is 0. The van der Waals surface area contributed by atoms with E-state index in [9.17, 15) is 13.6 Å². The predicted molar refractivity (Wildman–Crippen MR) is 97.4 cm³/mol. The van der Waals surface area contributed by atoms with Crippen molar-refractivity contribution in [2.24, 2.45) is 0 Å². The molecule has 3 aromatic heterocycles. The summed E-state index contributed by atoms with van der Waals surface area (Å²) in [5.41, 5.74) is 1.10. The van der Waals surface area contributed by atoms with E-state index in [0.717, 1.165) is 5.95 Å². The van der Waals surface area contributed by atoms with Gasteiger partial charge >= 0.3 is 5.95 Å². The second-order valence-electron chi connectivity index (χ2n) is 6.45. The Hall–Kier alpha value is -3.07. The molecule has 3 aromatic rings. The molecule has 0 saturated carbocycles. The van der Waals surface area contributed by atoms with Gasteiger partial charge in [-0.2, -0.15) is 0 Å². The maximum Gasteiger partial charge on any atom is 0.363 e. The number of imidazole rings is 1. The molecule has 0 aromatic carbocycles. The molecule has 0 spiro atoms. The molecule has 28 heavy (non-hydrogen) atoms. The minimum atomic E-state index is -2.76. The van der Waals surface area contributed by atoms with E-state index in [-0.39, 0.29) is 11.3 Å². The van der Waals surface area contributed by atoms with Crippen LogP contribution in [0.2, 0.25) is 0 Å². The first-order valence-corrected chi connectivity index (χ1v) is 8.99. The van der Waals surface area contributed by atoms with Crippen molar-refractivity contribution in [3.05, 3.63) is 60.2 Å². The van der Waals surface area contributed by atoms with E-state index in [1.54, 1.807) is 18.2 Å². The monoisotopic (exact) mass is 388 g/mol. The molecule has 7 nitrogen and oxygen atoms in total. The molecule has 4 heterocycles. The highest BCUT2D eigenvalue weighted by Gasteiger charge is 2.31. The number of morpholine rings is 1. The molecule has 1 fully saturated rings. The summed E-state index contributed by atoms with van der Waals surface area (Å²) in [6, 6.07) is 7.06. The van der Waals surface area contributed by atoms with Gasteiger partial charge in [0.15, 0.2) is 5.52 Å². The zero-order chi connectivity index (χ0) is 19.5. The summed E-state index contributed by atoms with van der Waals surface area (Å²) >= 11 is 0. The molecule has 9 heteroatoms. The van der Waals surface area contributed by atoms with Crippen LogP contribution in [-0.2, 0) is 4.74 Å². The average Bonchev–Trinajstić information content (AvgIpc) is 3.13. The molecule has 0 aliphatic carbocycles. The van der Waals surface area contributed by atoms with Crippen LogP contribution in [0, 0.1) is 0 Å². The van der Waals surface area contributed by atoms with E-state index in [0.29, 0.717) is 31.8 Å².